The van der Waals surface area contributed by atoms with E-state index < -0.39 is 4.92 Å². The highest BCUT2D eigenvalue weighted by atomic mass is 16.6. The molecular formula is C17H18N2O3. The van der Waals surface area contributed by atoms with Crippen LogP contribution in [0.15, 0.2) is 48.5 Å². The smallest absolute Gasteiger partial charge is 0.269 e. The van der Waals surface area contributed by atoms with Crippen LogP contribution in [0.5, 0.6) is 0 Å². The average molecular weight is 298 g/mol. The van der Waals surface area contributed by atoms with E-state index in [9.17, 15) is 14.9 Å². The lowest BCUT2D eigenvalue weighted by molar-refractivity contribution is -0.384. The molecule has 0 saturated heterocycles. The van der Waals surface area contributed by atoms with E-state index in [4.69, 9.17) is 0 Å². The summed E-state index contributed by atoms with van der Waals surface area (Å²) in [6.07, 6.45) is 1.06. The van der Waals surface area contributed by atoms with Crippen molar-refractivity contribution in [2.24, 2.45) is 0 Å². The van der Waals surface area contributed by atoms with E-state index >= 15 is 0 Å². The van der Waals surface area contributed by atoms with E-state index in [1.54, 1.807) is 0 Å². The fourth-order valence-corrected chi connectivity index (χ4v) is 2.07. The molecule has 0 bridgehead atoms. The first-order chi connectivity index (χ1) is 10.5. The van der Waals surface area contributed by atoms with Gasteiger partial charge in [0.15, 0.2) is 0 Å². The van der Waals surface area contributed by atoms with Gasteiger partial charge in [-0.3, -0.25) is 14.9 Å². The molecule has 0 saturated carbocycles. The Bertz CT molecular complexity index is 663. The molecule has 0 aliphatic rings. The SMILES string of the molecule is CC[C@H](C)c1ccc(NC(=O)c2ccc([N+](=O)[O-])cc2)cc1. The predicted octanol–water partition coefficient (Wildman–Crippen LogP) is 4.36. The fraction of sp³-hybridized carbons (Fsp3) is 0.235. The average Bonchev–Trinajstić information content (AvgIpc) is 2.54. The summed E-state index contributed by atoms with van der Waals surface area (Å²) in [6.45, 7) is 4.29. The molecule has 0 aliphatic heterocycles. The number of benzene rings is 2. The summed E-state index contributed by atoms with van der Waals surface area (Å²) in [7, 11) is 0. The minimum Gasteiger partial charge on any atom is -0.322 e. The molecule has 5 nitrogen and oxygen atoms in total. The van der Waals surface area contributed by atoms with E-state index in [-0.39, 0.29) is 11.6 Å². The van der Waals surface area contributed by atoms with Crippen molar-refractivity contribution >= 4 is 17.3 Å². The third kappa shape index (κ3) is 3.69. The maximum absolute atomic E-state index is 12.1. The van der Waals surface area contributed by atoms with Crippen LogP contribution >= 0.6 is 0 Å². The number of nitrogens with one attached hydrogen (secondary N) is 1. The largest absolute Gasteiger partial charge is 0.322 e. The molecule has 1 amide bonds. The van der Waals surface area contributed by atoms with Crippen LogP contribution in [0.3, 0.4) is 0 Å². The standard InChI is InChI=1S/C17H18N2O3/c1-3-12(2)13-4-8-15(9-5-13)18-17(20)14-6-10-16(11-7-14)19(21)22/h4-12H,3H2,1-2H3,(H,18,20)/t12-/m0/s1. The van der Waals surface area contributed by atoms with E-state index in [1.807, 2.05) is 24.3 Å². The van der Waals surface area contributed by atoms with Crippen molar-refractivity contribution in [2.75, 3.05) is 5.32 Å². The lowest BCUT2D eigenvalue weighted by Gasteiger charge is -2.10. The monoisotopic (exact) mass is 298 g/mol. The number of carbonyl (C=O) groups is 1. The third-order valence-electron chi connectivity index (χ3n) is 3.69. The number of amides is 1. The number of nitrogens with zero attached hydrogens (tertiary/aromatic N) is 1. The van der Waals surface area contributed by atoms with Crippen molar-refractivity contribution in [3.8, 4) is 0 Å². The topological polar surface area (TPSA) is 72.2 Å². The Morgan fingerprint density at radius 3 is 2.23 bits per heavy atom. The van der Waals surface area contributed by atoms with Gasteiger partial charge in [0.1, 0.15) is 0 Å². The van der Waals surface area contributed by atoms with Crippen LogP contribution < -0.4 is 5.32 Å². The summed E-state index contributed by atoms with van der Waals surface area (Å²) in [5, 5.41) is 13.4. The van der Waals surface area contributed by atoms with Crippen LogP contribution in [0.25, 0.3) is 0 Å². The summed E-state index contributed by atoms with van der Waals surface area (Å²) < 4.78 is 0. The molecular weight excluding hydrogens is 280 g/mol. The number of nitro benzene ring substituents is 1. The number of hydrogen-bond acceptors (Lipinski definition) is 3. The first kappa shape index (κ1) is 15.7. The molecule has 0 fully saturated rings. The first-order valence-corrected chi connectivity index (χ1v) is 7.17. The molecule has 2 aromatic carbocycles. The van der Waals surface area contributed by atoms with Crippen LogP contribution in [-0.4, -0.2) is 10.8 Å². The van der Waals surface area contributed by atoms with Gasteiger partial charge in [0, 0.05) is 23.4 Å². The molecule has 114 valence electrons. The van der Waals surface area contributed by atoms with E-state index in [2.05, 4.69) is 19.2 Å². The van der Waals surface area contributed by atoms with E-state index in [1.165, 1.54) is 29.8 Å². The fourth-order valence-electron chi connectivity index (χ4n) is 2.07. The second kappa shape index (κ2) is 6.85. The second-order valence-electron chi connectivity index (χ2n) is 5.19. The number of carbonyl (C=O) groups excluding carboxylic acids is 1. The Kier molecular flexibility index (Phi) is 4.88. The molecule has 1 atom stereocenters. The van der Waals surface area contributed by atoms with Crippen LogP contribution in [0.4, 0.5) is 11.4 Å². The number of anilines is 1. The zero-order chi connectivity index (χ0) is 16.1. The minimum absolute atomic E-state index is 0.0329. The lowest BCUT2D eigenvalue weighted by Crippen LogP contribution is -2.11. The quantitative estimate of drug-likeness (QED) is 0.658. The van der Waals surface area contributed by atoms with Gasteiger partial charge in [0.2, 0.25) is 0 Å². The molecule has 0 radical (unpaired) electrons. The van der Waals surface area contributed by atoms with Gasteiger partial charge in [-0.05, 0) is 42.2 Å². The molecule has 1 N–H and O–H groups in total. The van der Waals surface area contributed by atoms with Gasteiger partial charge in [0.25, 0.3) is 11.6 Å². The Hall–Kier alpha value is -2.69. The van der Waals surface area contributed by atoms with Gasteiger partial charge in [-0.1, -0.05) is 26.0 Å². The van der Waals surface area contributed by atoms with Gasteiger partial charge in [-0.15, -0.1) is 0 Å². The summed E-state index contributed by atoms with van der Waals surface area (Å²) >= 11 is 0. The number of nitro groups is 1. The van der Waals surface area contributed by atoms with Crippen molar-refractivity contribution in [3.05, 3.63) is 69.8 Å². The van der Waals surface area contributed by atoms with Crippen LogP contribution in [0.1, 0.15) is 42.1 Å². The maximum Gasteiger partial charge on any atom is 0.269 e. The zero-order valence-electron chi connectivity index (χ0n) is 12.6. The number of rotatable bonds is 5. The Morgan fingerprint density at radius 2 is 1.73 bits per heavy atom. The van der Waals surface area contributed by atoms with Gasteiger partial charge in [0.05, 0.1) is 4.92 Å². The highest BCUT2D eigenvalue weighted by molar-refractivity contribution is 6.04. The van der Waals surface area contributed by atoms with E-state index in [0.717, 1.165) is 6.42 Å². The van der Waals surface area contributed by atoms with E-state index in [0.29, 0.717) is 17.2 Å². The molecule has 0 spiro atoms. The van der Waals surface area contributed by atoms with Crippen molar-refractivity contribution < 1.29 is 9.72 Å². The second-order valence-corrected chi connectivity index (χ2v) is 5.19. The van der Waals surface area contributed by atoms with Crippen molar-refractivity contribution in [2.45, 2.75) is 26.2 Å². The van der Waals surface area contributed by atoms with Crippen LogP contribution in [-0.2, 0) is 0 Å². The molecule has 0 aromatic heterocycles. The molecule has 0 aliphatic carbocycles. The van der Waals surface area contributed by atoms with Gasteiger partial charge in [-0.2, -0.15) is 0 Å². The summed E-state index contributed by atoms with van der Waals surface area (Å²) in [5.41, 5.74) is 2.29. The Labute approximate surface area is 129 Å². The summed E-state index contributed by atoms with van der Waals surface area (Å²) in [4.78, 5) is 22.2. The maximum atomic E-state index is 12.1. The highest BCUT2D eigenvalue weighted by Crippen LogP contribution is 2.21. The van der Waals surface area contributed by atoms with Gasteiger partial charge < -0.3 is 5.32 Å². The number of hydrogen-bond donors (Lipinski definition) is 1. The Balaban J connectivity index is 2.06. The Morgan fingerprint density at radius 1 is 1.14 bits per heavy atom. The third-order valence-corrected chi connectivity index (χ3v) is 3.69. The first-order valence-electron chi connectivity index (χ1n) is 7.17. The van der Waals surface area contributed by atoms with Crippen LogP contribution in [0, 0.1) is 10.1 Å². The summed E-state index contributed by atoms with van der Waals surface area (Å²) in [6, 6.07) is 13.3. The van der Waals surface area contributed by atoms with Gasteiger partial charge >= 0.3 is 0 Å². The van der Waals surface area contributed by atoms with Gasteiger partial charge in [-0.25, -0.2) is 0 Å². The van der Waals surface area contributed by atoms with Crippen molar-refractivity contribution in [1.29, 1.82) is 0 Å². The zero-order valence-corrected chi connectivity index (χ0v) is 12.6. The molecule has 5 heteroatoms. The minimum atomic E-state index is -0.491. The van der Waals surface area contributed by atoms with Crippen molar-refractivity contribution in [3.63, 3.8) is 0 Å². The summed E-state index contributed by atoms with van der Waals surface area (Å²) in [5.74, 6) is 0.200. The molecule has 0 heterocycles. The van der Waals surface area contributed by atoms with Crippen molar-refractivity contribution in [1.82, 2.24) is 0 Å². The molecule has 2 aromatic rings. The normalized spacial score (nSPS) is 11.7. The molecule has 0 unspecified atom stereocenters. The van der Waals surface area contributed by atoms with Crippen LogP contribution in [0.2, 0.25) is 0 Å². The molecule has 22 heavy (non-hydrogen) atoms. The lowest BCUT2D eigenvalue weighted by atomic mass is 9.98. The predicted molar refractivity (Wildman–Crippen MR) is 86.2 cm³/mol. The molecule has 2 rings (SSSR count). The number of non-ortho nitro benzene ring substituents is 1. The highest BCUT2D eigenvalue weighted by Gasteiger charge is 2.10.